The minimum absolute atomic E-state index is 0.149. The van der Waals surface area contributed by atoms with Gasteiger partial charge in [-0.2, -0.15) is 0 Å². The van der Waals surface area contributed by atoms with Gasteiger partial charge in [0.15, 0.2) is 0 Å². The molecule has 2 aromatic carbocycles. The molecule has 17 heavy (non-hydrogen) atoms. The van der Waals surface area contributed by atoms with Crippen LogP contribution in [0.25, 0.3) is 0 Å². The molecule has 0 heterocycles. The third kappa shape index (κ3) is 2.85. The van der Waals surface area contributed by atoms with Crippen LogP contribution >= 0.6 is 15.9 Å². The Kier molecular flexibility index (Phi) is 3.44. The van der Waals surface area contributed by atoms with E-state index in [1.165, 1.54) is 6.07 Å². The van der Waals surface area contributed by atoms with E-state index in [-0.39, 0.29) is 5.56 Å². The Bertz CT molecular complexity index is 535. The van der Waals surface area contributed by atoms with Crippen LogP contribution in [-0.4, -0.2) is 11.1 Å². The molecule has 0 spiro atoms. The monoisotopic (exact) mass is 292 g/mol. The van der Waals surface area contributed by atoms with Crippen molar-refractivity contribution in [3.05, 3.63) is 58.6 Å². The number of para-hydroxylation sites is 1. The van der Waals surface area contributed by atoms with Crippen LogP contribution in [0.5, 0.6) is 11.5 Å². The Morgan fingerprint density at radius 2 is 1.71 bits per heavy atom. The van der Waals surface area contributed by atoms with Crippen LogP contribution in [0.15, 0.2) is 53.0 Å². The highest BCUT2D eigenvalue weighted by molar-refractivity contribution is 9.10. The van der Waals surface area contributed by atoms with Crippen molar-refractivity contribution in [3.63, 3.8) is 0 Å². The van der Waals surface area contributed by atoms with Gasteiger partial charge in [0, 0.05) is 4.47 Å². The Morgan fingerprint density at radius 3 is 2.35 bits per heavy atom. The van der Waals surface area contributed by atoms with Crippen molar-refractivity contribution >= 4 is 21.9 Å². The molecule has 0 unspecified atom stereocenters. The summed E-state index contributed by atoms with van der Waals surface area (Å²) in [5.41, 5.74) is 0.149. The number of carbonyl (C=O) groups is 1. The van der Waals surface area contributed by atoms with Crippen LogP contribution in [0.3, 0.4) is 0 Å². The molecule has 0 fully saturated rings. The molecular weight excluding hydrogens is 284 g/mol. The van der Waals surface area contributed by atoms with Gasteiger partial charge in [0.1, 0.15) is 17.1 Å². The smallest absolute Gasteiger partial charge is 0.339 e. The first-order valence-electron chi connectivity index (χ1n) is 4.92. The van der Waals surface area contributed by atoms with Gasteiger partial charge >= 0.3 is 5.97 Å². The van der Waals surface area contributed by atoms with E-state index in [0.717, 1.165) is 4.47 Å². The summed E-state index contributed by atoms with van der Waals surface area (Å²) in [5, 5.41) is 9.00. The largest absolute Gasteiger partial charge is 0.478 e. The molecule has 1 N–H and O–H groups in total. The van der Waals surface area contributed by atoms with Crippen molar-refractivity contribution < 1.29 is 14.6 Å². The minimum atomic E-state index is -1.00. The Hall–Kier alpha value is -1.81. The highest BCUT2D eigenvalue weighted by Crippen LogP contribution is 2.26. The van der Waals surface area contributed by atoms with Crippen molar-refractivity contribution in [1.29, 1.82) is 0 Å². The lowest BCUT2D eigenvalue weighted by Gasteiger charge is -2.08. The summed E-state index contributed by atoms with van der Waals surface area (Å²) in [6.07, 6.45) is 0. The number of hydrogen-bond acceptors (Lipinski definition) is 2. The molecule has 0 bridgehead atoms. The quantitative estimate of drug-likeness (QED) is 0.932. The van der Waals surface area contributed by atoms with Crippen LogP contribution < -0.4 is 4.74 Å². The predicted octanol–water partition coefficient (Wildman–Crippen LogP) is 3.94. The van der Waals surface area contributed by atoms with E-state index >= 15 is 0 Å². The lowest BCUT2D eigenvalue weighted by molar-refractivity contribution is 0.0694. The molecule has 86 valence electrons. The maximum Gasteiger partial charge on any atom is 0.339 e. The van der Waals surface area contributed by atoms with Crippen molar-refractivity contribution in [2.24, 2.45) is 0 Å². The minimum Gasteiger partial charge on any atom is -0.478 e. The molecule has 0 atom stereocenters. The molecule has 0 aromatic heterocycles. The van der Waals surface area contributed by atoms with Crippen LogP contribution in [0.2, 0.25) is 0 Å². The molecule has 2 aromatic rings. The van der Waals surface area contributed by atoms with Gasteiger partial charge in [-0.3, -0.25) is 0 Å². The zero-order chi connectivity index (χ0) is 12.3. The number of halogens is 1. The summed E-state index contributed by atoms with van der Waals surface area (Å²) >= 11 is 3.32. The van der Waals surface area contributed by atoms with Gasteiger partial charge in [-0.25, -0.2) is 4.79 Å². The first kappa shape index (κ1) is 11.7. The maximum atomic E-state index is 11.0. The summed E-state index contributed by atoms with van der Waals surface area (Å²) in [6.45, 7) is 0. The molecular formula is C13H9BrO3. The summed E-state index contributed by atoms with van der Waals surface area (Å²) in [4.78, 5) is 11.0. The van der Waals surface area contributed by atoms with E-state index in [4.69, 9.17) is 9.84 Å². The number of benzene rings is 2. The van der Waals surface area contributed by atoms with E-state index < -0.39 is 5.97 Å². The van der Waals surface area contributed by atoms with Crippen LogP contribution in [-0.2, 0) is 0 Å². The second-order valence-corrected chi connectivity index (χ2v) is 4.27. The average Bonchev–Trinajstić information content (AvgIpc) is 2.32. The van der Waals surface area contributed by atoms with E-state index in [2.05, 4.69) is 15.9 Å². The second kappa shape index (κ2) is 5.01. The zero-order valence-corrected chi connectivity index (χ0v) is 10.3. The van der Waals surface area contributed by atoms with Crippen molar-refractivity contribution in [3.8, 4) is 11.5 Å². The van der Waals surface area contributed by atoms with Gasteiger partial charge in [0.05, 0.1) is 0 Å². The van der Waals surface area contributed by atoms with Crippen molar-refractivity contribution in [2.75, 3.05) is 0 Å². The molecule has 4 heteroatoms. The first-order chi connectivity index (χ1) is 8.16. The molecule has 0 amide bonds. The van der Waals surface area contributed by atoms with Gasteiger partial charge in [-0.05, 0) is 36.4 Å². The van der Waals surface area contributed by atoms with E-state index in [1.54, 1.807) is 30.3 Å². The molecule has 2 rings (SSSR count). The lowest BCUT2D eigenvalue weighted by atomic mass is 10.2. The molecule has 0 aliphatic carbocycles. The molecule has 0 aliphatic rings. The average molecular weight is 293 g/mol. The summed E-state index contributed by atoms with van der Waals surface area (Å²) in [5.74, 6) is -0.0677. The fraction of sp³-hybridized carbons (Fsp3) is 0. The standard InChI is InChI=1S/C13H9BrO3/c14-9-5-7-10(8-6-9)17-12-4-2-1-3-11(12)13(15)16/h1-8H,(H,15,16). The highest BCUT2D eigenvalue weighted by Gasteiger charge is 2.10. The highest BCUT2D eigenvalue weighted by atomic mass is 79.9. The van der Waals surface area contributed by atoms with Gasteiger partial charge in [-0.1, -0.05) is 28.1 Å². The molecule has 0 saturated carbocycles. The Labute approximate surface area is 107 Å². The normalized spacial score (nSPS) is 9.94. The van der Waals surface area contributed by atoms with Gasteiger partial charge in [0.25, 0.3) is 0 Å². The third-order valence-electron chi connectivity index (χ3n) is 2.16. The second-order valence-electron chi connectivity index (χ2n) is 3.36. The number of carboxylic acids is 1. The Morgan fingerprint density at radius 1 is 1.06 bits per heavy atom. The van der Waals surface area contributed by atoms with Crippen LogP contribution in [0.1, 0.15) is 10.4 Å². The van der Waals surface area contributed by atoms with E-state index in [1.807, 2.05) is 12.1 Å². The summed E-state index contributed by atoms with van der Waals surface area (Å²) in [7, 11) is 0. The molecule has 0 aliphatic heterocycles. The Balaban J connectivity index is 2.30. The van der Waals surface area contributed by atoms with Crippen molar-refractivity contribution in [2.45, 2.75) is 0 Å². The van der Waals surface area contributed by atoms with Gasteiger partial charge in [0.2, 0.25) is 0 Å². The van der Waals surface area contributed by atoms with Crippen molar-refractivity contribution in [1.82, 2.24) is 0 Å². The van der Waals surface area contributed by atoms with Gasteiger partial charge in [-0.15, -0.1) is 0 Å². The zero-order valence-electron chi connectivity index (χ0n) is 8.76. The lowest BCUT2D eigenvalue weighted by Crippen LogP contribution is -1.99. The topological polar surface area (TPSA) is 46.5 Å². The molecule has 0 saturated heterocycles. The maximum absolute atomic E-state index is 11.0. The van der Waals surface area contributed by atoms with Crippen LogP contribution in [0, 0.1) is 0 Å². The first-order valence-corrected chi connectivity index (χ1v) is 5.72. The SMILES string of the molecule is O=C(O)c1ccccc1Oc1ccc(Br)cc1. The molecule has 0 radical (unpaired) electrons. The van der Waals surface area contributed by atoms with E-state index in [0.29, 0.717) is 11.5 Å². The number of rotatable bonds is 3. The van der Waals surface area contributed by atoms with E-state index in [9.17, 15) is 4.79 Å². The fourth-order valence-corrected chi connectivity index (χ4v) is 1.63. The number of hydrogen-bond donors (Lipinski definition) is 1. The van der Waals surface area contributed by atoms with Crippen LogP contribution in [0.4, 0.5) is 0 Å². The summed E-state index contributed by atoms with van der Waals surface area (Å²) in [6, 6.07) is 13.7. The number of carboxylic acid groups (broad SMARTS) is 1. The number of aromatic carboxylic acids is 1. The summed E-state index contributed by atoms with van der Waals surface area (Å²) < 4.78 is 6.47. The van der Waals surface area contributed by atoms with Gasteiger partial charge < -0.3 is 9.84 Å². The fourth-order valence-electron chi connectivity index (χ4n) is 1.36. The predicted molar refractivity (Wildman–Crippen MR) is 67.6 cm³/mol. The third-order valence-corrected chi connectivity index (χ3v) is 2.69. The number of ether oxygens (including phenoxy) is 1. The molecule has 3 nitrogen and oxygen atoms in total.